The highest BCUT2D eigenvalue weighted by Crippen LogP contribution is 2.41. The van der Waals surface area contributed by atoms with Crippen molar-refractivity contribution < 1.29 is 37.7 Å². The zero-order chi connectivity index (χ0) is 24.4. The van der Waals surface area contributed by atoms with Crippen LogP contribution in [0.3, 0.4) is 0 Å². The molecule has 7 nitrogen and oxygen atoms in total. The number of carbonyl (C=O) groups is 2. The predicted molar refractivity (Wildman–Crippen MR) is 122 cm³/mol. The van der Waals surface area contributed by atoms with Gasteiger partial charge >= 0.3 is 5.97 Å². The molecule has 4 rings (SSSR count). The van der Waals surface area contributed by atoms with Crippen LogP contribution in [-0.2, 0) is 0 Å². The van der Waals surface area contributed by atoms with E-state index in [4.69, 9.17) is 23.7 Å². The third-order valence-corrected chi connectivity index (χ3v) is 5.23. The molecule has 34 heavy (non-hydrogen) atoms. The molecular formula is C26H21FO7. The van der Waals surface area contributed by atoms with Gasteiger partial charge in [0.05, 0.1) is 32.5 Å². The van der Waals surface area contributed by atoms with E-state index in [9.17, 15) is 14.0 Å². The molecule has 0 fully saturated rings. The summed E-state index contributed by atoms with van der Waals surface area (Å²) in [7, 11) is 4.49. The van der Waals surface area contributed by atoms with Crippen molar-refractivity contribution in [3.05, 3.63) is 82.4 Å². The maximum absolute atomic E-state index is 13.9. The van der Waals surface area contributed by atoms with Crippen molar-refractivity contribution in [2.24, 2.45) is 0 Å². The van der Waals surface area contributed by atoms with Crippen LogP contribution in [0, 0.1) is 12.7 Å². The van der Waals surface area contributed by atoms with Gasteiger partial charge in [0, 0.05) is 6.07 Å². The Hall–Kier alpha value is -4.33. The summed E-state index contributed by atoms with van der Waals surface area (Å²) in [5.41, 5.74) is 1.30. The number of hydrogen-bond acceptors (Lipinski definition) is 7. The van der Waals surface area contributed by atoms with Crippen molar-refractivity contribution in [3.63, 3.8) is 0 Å². The van der Waals surface area contributed by atoms with Gasteiger partial charge in [-0.15, -0.1) is 0 Å². The molecule has 0 atom stereocenters. The Bertz CT molecular complexity index is 1300. The predicted octanol–water partition coefficient (Wildman–Crippen LogP) is 5.00. The Kier molecular flexibility index (Phi) is 6.23. The third kappa shape index (κ3) is 4.17. The highest BCUT2D eigenvalue weighted by Gasteiger charge is 2.31. The molecule has 1 aliphatic heterocycles. The number of halogens is 1. The SMILES string of the molecule is COc1cc(/C=C2\Oc3cc(OC(=O)c4ccccc4F)cc(C)c3C2=O)cc(OC)c1OC. The zero-order valence-electron chi connectivity index (χ0n) is 18.9. The van der Waals surface area contributed by atoms with E-state index >= 15 is 0 Å². The number of ketones is 1. The standard InChI is InChI=1S/C26H21FO7/c1-14-9-16(33-26(29)17-7-5-6-8-18(17)27)13-19-23(14)24(28)20(34-19)10-15-11-21(30-2)25(32-4)22(12-15)31-3/h5-13H,1-4H3/b20-10-. The van der Waals surface area contributed by atoms with Gasteiger partial charge in [-0.1, -0.05) is 12.1 Å². The van der Waals surface area contributed by atoms with Crippen molar-refractivity contribution in [1.29, 1.82) is 0 Å². The van der Waals surface area contributed by atoms with Crippen molar-refractivity contribution >= 4 is 17.8 Å². The number of benzene rings is 3. The molecule has 0 aliphatic carbocycles. The number of rotatable bonds is 6. The van der Waals surface area contributed by atoms with Gasteiger partial charge in [-0.25, -0.2) is 9.18 Å². The molecule has 0 saturated carbocycles. The van der Waals surface area contributed by atoms with Gasteiger partial charge in [-0.05, 0) is 54.5 Å². The molecule has 8 heteroatoms. The first-order valence-corrected chi connectivity index (χ1v) is 10.2. The summed E-state index contributed by atoms with van der Waals surface area (Å²) < 4.78 is 41.1. The Labute approximate surface area is 195 Å². The first-order valence-electron chi connectivity index (χ1n) is 10.2. The summed E-state index contributed by atoms with van der Waals surface area (Å²) in [5, 5.41) is 0. The maximum Gasteiger partial charge on any atom is 0.346 e. The van der Waals surface area contributed by atoms with Crippen molar-refractivity contribution in [1.82, 2.24) is 0 Å². The number of fused-ring (bicyclic) bond motifs is 1. The van der Waals surface area contributed by atoms with Crippen LogP contribution in [0.25, 0.3) is 6.08 Å². The third-order valence-electron chi connectivity index (χ3n) is 5.23. The quantitative estimate of drug-likeness (QED) is 0.289. The van der Waals surface area contributed by atoms with Crippen molar-refractivity contribution in [2.45, 2.75) is 6.92 Å². The number of carbonyl (C=O) groups excluding carboxylic acids is 2. The van der Waals surface area contributed by atoms with Crippen LogP contribution in [0.2, 0.25) is 0 Å². The summed E-state index contributed by atoms with van der Waals surface area (Å²) in [6.07, 6.45) is 1.55. The first-order chi connectivity index (χ1) is 16.4. The number of methoxy groups -OCH3 is 3. The zero-order valence-corrected chi connectivity index (χ0v) is 18.9. The van der Waals surface area contributed by atoms with Gasteiger partial charge < -0.3 is 23.7 Å². The average Bonchev–Trinajstić information content (AvgIpc) is 3.13. The van der Waals surface area contributed by atoms with Crippen LogP contribution in [0.5, 0.6) is 28.7 Å². The van der Waals surface area contributed by atoms with E-state index in [0.29, 0.717) is 33.9 Å². The molecule has 0 aromatic heterocycles. The van der Waals surface area contributed by atoms with Gasteiger partial charge in [0.25, 0.3) is 0 Å². The molecule has 0 amide bonds. The Morgan fingerprint density at radius 3 is 2.26 bits per heavy atom. The number of esters is 1. The molecule has 0 spiro atoms. The highest BCUT2D eigenvalue weighted by molar-refractivity contribution is 6.15. The summed E-state index contributed by atoms with van der Waals surface area (Å²) in [6.45, 7) is 1.70. The van der Waals surface area contributed by atoms with E-state index in [2.05, 4.69) is 0 Å². The Morgan fingerprint density at radius 2 is 1.65 bits per heavy atom. The largest absolute Gasteiger partial charge is 0.493 e. The van der Waals surface area contributed by atoms with E-state index in [1.807, 2.05) is 0 Å². The van der Waals surface area contributed by atoms with Crippen molar-refractivity contribution in [2.75, 3.05) is 21.3 Å². The molecule has 3 aromatic carbocycles. The van der Waals surface area contributed by atoms with Crippen molar-refractivity contribution in [3.8, 4) is 28.7 Å². The first kappa shape index (κ1) is 22.8. The molecule has 0 radical (unpaired) electrons. The lowest BCUT2D eigenvalue weighted by molar-refractivity contribution is 0.0729. The van der Waals surface area contributed by atoms with Crippen LogP contribution in [0.1, 0.15) is 31.8 Å². The summed E-state index contributed by atoms with van der Waals surface area (Å²) in [4.78, 5) is 25.4. The summed E-state index contributed by atoms with van der Waals surface area (Å²) in [5.74, 6) is -0.150. The highest BCUT2D eigenvalue weighted by atomic mass is 19.1. The van der Waals surface area contributed by atoms with Gasteiger partial charge in [0.1, 0.15) is 17.3 Å². The molecule has 0 bridgehead atoms. The van der Waals surface area contributed by atoms with E-state index in [1.165, 1.54) is 57.7 Å². The smallest absolute Gasteiger partial charge is 0.346 e. The number of Topliss-reactive ketones (excluding diaryl/α,β-unsaturated/α-hetero) is 1. The van der Waals surface area contributed by atoms with Gasteiger partial charge in [0.15, 0.2) is 17.3 Å². The summed E-state index contributed by atoms with van der Waals surface area (Å²) >= 11 is 0. The molecular weight excluding hydrogens is 443 g/mol. The lowest BCUT2D eigenvalue weighted by atomic mass is 10.0. The molecule has 0 saturated heterocycles. The van der Waals surface area contributed by atoms with Gasteiger partial charge in [-0.2, -0.15) is 0 Å². The number of allylic oxidation sites excluding steroid dienone is 1. The van der Waals surface area contributed by atoms with Crippen LogP contribution >= 0.6 is 0 Å². The van der Waals surface area contributed by atoms with Gasteiger partial charge in [-0.3, -0.25) is 4.79 Å². The van der Waals surface area contributed by atoms with E-state index < -0.39 is 11.8 Å². The second-order valence-electron chi connectivity index (χ2n) is 7.38. The Morgan fingerprint density at radius 1 is 0.971 bits per heavy atom. The molecule has 174 valence electrons. The normalized spacial score (nSPS) is 13.3. The average molecular weight is 464 g/mol. The molecule has 3 aromatic rings. The van der Waals surface area contributed by atoms with Crippen LogP contribution < -0.4 is 23.7 Å². The number of aryl methyl sites for hydroxylation is 1. The maximum atomic E-state index is 13.9. The molecule has 0 N–H and O–H groups in total. The minimum Gasteiger partial charge on any atom is -0.493 e. The summed E-state index contributed by atoms with van der Waals surface area (Å²) in [6, 6.07) is 11.8. The number of ether oxygens (including phenoxy) is 5. The minimum absolute atomic E-state index is 0.0740. The molecule has 1 aliphatic rings. The second kappa shape index (κ2) is 9.27. The van der Waals surface area contributed by atoms with E-state index in [0.717, 1.165) is 0 Å². The van der Waals surface area contributed by atoms with E-state index in [1.54, 1.807) is 25.1 Å². The fraction of sp³-hybridized carbons (Fsp3) is 0.154. The Balaban J connectivity index is 1.65. The van der Waals surface area contributed by atoms with Crippen LogP contribution in [0.15, 0.2) is 54.3 Å². The lowest BCUT2D eigenvalue weighted by Gasteiger charge is -2.13. The van der Waals surface area contributed by atoms with Crippen LogP contribution in [0.4, 0.5) is 4.39 Å². The van der Waals surface area contributed by atoms with Gasteiger partial charge in [0.2, 0.25) is 11.5 Å². The molecule has 1 heterocycles. The topological polar surface area (TPSA) is 80.3 Å². The monoisotopic (exact) mass is 464 g/mol. The fourth-order valence-corrected chi connectivity index (χ4v) is 3.66. The number of hydrogen-bond donors (Lipinski definition) is 0. The van der Waals surface area contributed by atoms with Crippen LogP contribution in [-0.4, -0.2) is 33.1 Å². The van der Waals surface area contributed by atoms with E-state index in [-0.39, 0.29) is 28.6 Å². The lowest BCUT2D eigenvalue weighted by Crippen LogP contribution is -2.10. The molecule has 0 unspecified atom stereocenters. The second-order valence-corrected chi connectivity index (χ2v) is 7.38. The fourth-order valence-electron chi connectivity index (χ4n) is 3.66. The minimum atomic E-state index is -0.852.